The zero-order chi connectivity index (χ0) is 22.2. The lowest BCUT2D eigenvalue weighted by Gasteiger charge is -2.32. The lowest BCUT2D eigenvalue weighted by Crippen LogP contribution is -2.42. The van der Waals surface area contributed by atoms with Crippen molar-refractivity contribution >= 4 is 5.69 Å². The summed E-state index contributed by atoms with van der Waals surface area (Å²) in [5, 5.41) is 11.7. The van der Waals surface area contributed by atoms with Gasteiger partial charge in [-0.15, -0.1) is 13.2 Å². The fourth-order valence-corrected chi connectivity index (χ4v) is 4.61. The van der Waals surface area contributed by atoms with Gasteiger partial charge in [-0.2, -0.15) is 0 Å². The van der Waals surface area contributed by atoms with Gasteiger partial charge in [-0.3, -0.25) is 5.43 Å². The van der Waals surface area contributed by atoms with E-state index in [4.69, 9.17) is 0 Å². The van der Waals surface area contributed by atoms with Gasteiger partial charge >= 0.3 is 6.36 Å². The number of ether oxygens (including phenoxy) is 1. The second-order valence-electron chi connectivity index (χ2n) is 8.47. The van der Waals surface area contributed by atoms with Gasteiger partial charge in [-0.25, -0.2) is 5.01 Å². The van der Waals surface area contributed by atoms with Gasteiger partial charge in [-0.1, -0.05) is 18.2 Å². The quantitative estimate of drug-likeness (QED) is 0.763. The van der Waals surface area contributed by atoms with E-state index in [1.165, 1.54) is 12.1 Å². The highest BCUT2D eigenvalue weighted by atomic mass is 19.4. The Morgan fingerprint density at radius 2 is 1.74 bits per heavy atom. The number of hydrogen-bond acceptors (Lipinski definition) is 5. The standard InChI is InChI=1S/C23H28F3N3O2/c1-15-13-17-5-8-20(31-23(24,25)26)14-21(17)22(28(2)27-15)16-3-6-18(7-4-16)29-11-9-19(30)10-12-29/h3-8,14-15,19,22,27,30H,9-13H2,1-2H3. The zero-order valence-corrected chi connectivity index (χ0v) is 17.7. The van der Waals surface area contributed by atoms with Crippen molar-refractivity contribution in [3.8, 4) is 5.75 Å². The molecule has 2 heterocycles. The van der Waals surface area contributed by atoms with Gasteiger partial charge in [0.15, 0.2) is 0 Å². The molecule has 0 radical (unpaired) electrons. The Balaban J connectivity index is 1.66. The molecule has 2 N–H and O–H groups in total. The van der Waals surface area contributed by atoms with E-state index in [0.29, 0.717) is 6.42 Å². The van der Waals surface area contributed by atoms with Crippen LogP contribution >= 0.6 is 0 Å². The number of benzene rings is 2. The molecule has 0 amide bonds. The number of nitrogens with one attached hydrogen (secondary N) is 1. The Morgan fingerprint density at radius 3 is 2.39 bits per heavy atom. The maximum Gasteiger partial charge on any atom is 0.573 e. The number of alkyl halides is 3. The summed E-state index contributed by atoms with van der Waals surface area (Å²) in [7, 11) is 1.91. The maximum atomic E-state index is 12.8. The van der Waals surface area contributed by atoms with E-state index in [1.807, 2.05) is 36.3 Å². The van der Waals surface area contributed by atoms with E-state index >= 15 is 0 Å². The topological polar surface area (TPSA) is 48.0 Å². The van der Waals surface area contributed by atoms with Crippen molar-refractivity contribution in [2.75, 3.05) is 25.0 Å². The van der Waals surface area contributed by atoms with Gasteiger partial charge < -0.3 is 14.7 Å². The zero-order valence-electron chi connectivity index (χ0n) is 17.7. The van der Waals surface area contributed by atoms with Gasteiger partial charge in [0, 0.05) is 31.9 Å². The Labute approximate surface area is 180 Å². The summed E-state index contributed by atoms with van der Waals surface area (Å²) in [6, 6.07) is 12.7. The van der Waals surface area contributed by atoms with Gasteiger partial charge in [0.05, 0.1) is 12.1 Å². The van der Waals surface area contributed by atoms with Gasteiger partial charge in [0.2, 0.25) is 0 Å². The summed E-state index contributed by atoms with van der Waals surface area (Å²) in [5.41, 5.74) is 7.29. The highest BCUT2D eigenvalue weighted by Crippen LogP contribution is 2.36. The highest BCUT2D eigenvalue weighted by molar-refractivity contribution is 5.51. The molecule has 31 heavy (non-hydrogen) atoms. The van der Waals surface area contributed by atoms with Crippen LogP contribution < -0.4 is 15.1 Å². The molecular formula is C23H28F3N3O2. The minimum atomic E-state index is -4.73. The molecule has 2 aliphatic heterocycles. The Hall–Kier alpha value is -2.29. The van der Waals surface area contributed by atoms with E-state index in [0.717, 1.165) is 48.3 Å². The third-order valence-electron chi connectivity index (χ3n) is 6.02. The number of hydrogen-bond donors (Lipinski definition) is 2. The molecule has 2 atom stereocenters. The molecule has 1 fully saturated rings. The summed E-state index contributed by atoms with van der Waals surface area (Å²) in [6.07, 6.45) is -2.74. The van der Waals surface area contributed by atoms with Crippen molar-refractivity contribution < 1.29 is 23.0 Å². The first-order chi connectivity index (χ1) is 14.7. The first-order valence-corrected chi connectivity index (χ1v) is 10.6. The number of rotatable bonds is 3. The molecule has 168 valence electrons. The molecule has 0 aromatic heterocycles. The molecule has 2 unspecified atom stereocenters. The first kappa shape index (κ1) is 21.9. The summed E-state index contributed by atoms with van der Waals surface area (Å²) in [6.45, 7) is 3.67. The fraction of sp³-hybridized carbons (Fsp3) is 0.478. The largest absolute Gasteiger partial charge is 0.573 e. The van der Waals surface area contributed by atoms with Crippen molar-refractivity contribution in [1.82, 2.24) is 10.4 Å². The van der Waals surface area contributed by atoms with E-state index < -0.39 is 6.36 Å². The van der Waals surface area contributed by atoms with Crippen molar-refractivity contribution in [3.63, 3.8) is 0 Å². The molecule has 0 aliphatic carbocycles. The molecule has 0 spiro atoms. The second-order valence-corrected chi connectivity index (χ2v) is 8.47. The van der Waals surface area contributed by atoms with E-state index in [9.17, 15) is 18.3 Å². The number of fused-ring (bicyclic) bond motifs is 1. The molecule has 2 aliphatic rings. The van der Waals surface area contributed by atoms with Crippen LogP contribution in [-0.2, 0) is 6.42 Å². The normalized spacial score (nSPS) is 23.4. The van der Waals surface area contributed by atoms with Crippen LogP contribution in [0.5, 0.6) is 5.75 Å². The number of aliphatic hydroxyl groups excluding tert-OH is 1. The predicted octanol–water partition coefficient (Wildman–Crippen LogP) is 4.02. The van der Waals surface area contributed by atoms with Gasteiger partial charge in [0.1, 0.15) is 5.75 Å². The predicted molar refractivity (Wildman–Crippen MR) is 113 cm³/mol. The number of anilines is 1. The van der Waals surface area contributed by atoms with Crippen LogP contribution in [0.2, 0.25) is 0 Å². The fourth-order valence-electron chi connectivity index (χ4n) is 4.61. The van der Waals surface area contributed by atoms with Crippen LogP contribution in [0.15, 0.2) is 42.5 Å². The van der Waals surface area contributed by atoms with Crippen molar-refractivity contribution in [2.45, 2.75) is 50.7 Å². The van der Waals surface area contributed by atoms with Crippen LogP contribution in [0.25, 0.3) is 0 Å². The number of halogens is 3. The second kappa shape index (κ2) is 8.68. The SMILES string of the molecule is CC1Cc2ccc(OC(F)(F)F)cc2C(c2ccc(N3CCC(O)CC3)cc2)N(C)N1. The molecular weight excluding hydrogens is 407 g/mol. The molecule has 1 saturated heterocycles. The summed E-state index contributed by atoms with van der Waals surface area (Å²) >= 11 is 0. The minimum absolute atomic E-state index is 0.141. The van der Waals surface area contributed by atoms with Crippen molar-refractivity contribution in [3.05, 3.63) is 59.2 Å². The van der Waals surface area contributed by atoms with E-state index in [-0.39, 0.29) is 23.9 Å². The third-order valence-corrected chi connectivity index (χ3v) is 6.02. The number of piperidine rings is 1. The Bertz CT molecular complexity index is 896. The lowest BCUT2D eigenvalue weighted by molar-refractivity contribution is -0.274. The minimum Gasteiger partial charge on any atom is -0.406 e. The average molecular weight is 435 g/mol. The molecule has 2 aromatic carbocycles. The smallest absolute Gasteiger partial charge is 0.406 e. The molecule has 4 rings (SSSR count). The van der Waals surface area contributed by atoms with Crippen LogP contribution in [0.3, 0.4) is 0 Å². The van der Waals surface area contributed by atoms with Crippen LogP contribution in [0, 0.1) is 0 Å². The third kappa shape index (κ3) is 5.14. The molecule has 2 aromatic rings. The maximum absolute atomic E-state index is 12.8. The number of hydrazine groups is 1. The van der Waals surface area contributed by atoms with Crippen molar-refractivity contribution in [2.24, 2.45) is 0 Å². The summed E-state index contributed by atoms with van der Waals surface area (Å²) < 4.78 is 42.6. The average Bonchev–Trinajstić information content (AvgIpc) is 2.82. The number of nitrogens with zero attached hydrogens (tertiary/aromatic N) is 2. The van der Waals surface area contributed by atoms with Crippen molar-refractivity contribution in [1.29, 1.82) is 0 Å². The van der Waals surface area contributed by atoms with Gasteiger partial charge in [-0.05, 0) is 67.1 Å². The van der Waals surface area contributed by atoms with E-state index in [2.05, 4.69) is 22.0 Å². The molecule has 8 heteroatoms. The summed E-state index contributed by atoms with van der Waals surface area (Å²) in [5.74, 6) is -0.206. The first-order valence-electron chi connectivity index (χ1n) is 10.6. The van der Waals surface area contributed by atoms with E-state index in [1.54, 1.807) is 6.07 Å². The number of aliphatic hydroxyl groups is 1. The van der Waals surface area contributed by atoms with Crippen LogP contribution in [-0.4, -0.2) is 48.8 Å². The Morgan fingerprint density at radius 1 is 1.06 bits per heavy atom. The monoisotopic (exact) mass is 435 g/mol. The lowest BCUT2D eigenvalue weighted by atomic mass is 9.92. The van der Waals surface area contributed by atoms with Crippen LogP contribution in [0.1, 0.15) is 42.5 Å². The molecule has 5 nitrogen and oxygen atoms in total. The highest BCUT2D eigenvalue weighted by Gasteiger charge is 2.33. The van der Waals surface area contributed by atoms with Crippen LogP contribution in [0.4, 0.5) is 18.9 Å². The van der Waals surface area contributed by atoms with Gasteiger partial charge in [0.25, 0.3) is 0 Å². The molecule has 0 saturated carbocycles. The Kier molecular flexibility index (Phi) is 6.14. The molecule has 0 bridgehead atoms. The summed E-state index contributed by atoms with van der Waals surface area (Å²) in [4.78, 5) is 2.25.